The molecule has 0 amide bonds. The molecule has 0 spiro atoms. The number of hydrogen-bond donors (Lipinski definition) is 1. The van der Waals surface area contributed by atoms with Gasteiger partial charge in [-0.1, -0.05) is 6.08 Å². The molecule has 1 aliphatic rings. The molecule has 0 aliphatic carbocycles. The number of methoxy groups -OCH3 is 1. The van der Waals surface area contributed by atoms with E-state index >= 15 is 0 Å². The quantitative estimate of drug-likeness (QED) is 0.739. The average Bonchev–Trinajstić information content (AvgIpc) is 2.74. The highest BCUT2D eigenvalue weighted by molar-refractivity contribution is 8.00. The van der Waals surface area contributed by atoms with Crippen LogP contribution in [-0.4, -0.2) is 42.7 Å². The van der Waals surface area contributed by atoms with E-state index in [9.17, 15) is 0 Å². The highest BCUT2D eigenvalue weighted by Crippen LogP contribution is 2.33. The van der Waals surface area contributed by atoms with E-state index in [1.807, 2.05) is 18.7 Å². The molecule has 1 aliphatic heterocycles. The van der Waals surface area contributed by atoms with Crippen molar-refractivity contribution in [3.05, 3.63) is 12.7 Å². The van der Waals surface area contributed by atoms with Gasteiger partial charge in [-0.2, -0.15) is 0 Å². The Morgan fingerprint density at radius 2 is 2.20 bits per heavy atom. The second-order valence-electron chi connectivity index (χ2n) is 3.13. The molecule has 0 saturated carbocycles. The molecule has 1 heterocycles. The zero-order valence-corrected chi connectivity index (χ0v) is 10.5. The van der Waals surface area contributed by atoms with Crippen molar-refractivity contribution in [2.45, 2.75) is 30.5 Å². The van der Waals surface area contributed by atoms with Crippen molar-refractivity contribution >= 4 is 11.8 Å². The van der Waals surface area contributed by atoms with E-state index in [2.05, 4.69) is 6.58 Å². The maximum atomic E-state index is 7.76. The third kappa shape index (κ3) is 7.85. The summed E-state index contributed by atoms with van der Waals surface area (Å²) in [5.74, 6) is 0. The van der Waals surface area contributed by atoms with Crippen LogP contribution in [0.1, 0.15) is 19.8 Å². The minimum Gasteiger partial charge on any atom is -0.392 e. The molecule has 2 unspecified atom stereocenters. The van der Waals surface area contributed by atoms with Gasteiger partial charge < -0.3 is 14.6 Å². The van der Waals surface area contributed by atoms with Gasteiger partial charge >= 0.3 is 0 Å². The van der Waals surface area contributed by atoms with E-state index in [4.69, 9.17) is 14.6 Å². The van der Waals surface area contributed by atoms with Crippen molar-refractivity contribution in [1.82, 2.24) is 0 Å². The van der Waals surface area contributed by atoms with Crippen LogP contribution in [0, 0.1) is 0 Å². The van der Waals surface area contributed by atoms with Crippen molar-refractivity contribution < 1.29 is 14.6 Å². The van der Waals surface area contributed by atoms with Crippen LogP contribution >= 0.6 is 11.8 Å². The number of rotatable bonds is 5. The number of aliphatic hydroxyl groups is 1. The Kier molecular flexibility index (Phi) is 10.5. The molecular formula is C11H22O3S. The topological polar surface area (TPSA) is 38.7 Å². The van der Waals surface area contributed by atoms with Gasteiger partial charge in [-0.15, -0.1) is 18.3 Å². The lowest BCUT2D eigenvalue weighted by Crippen LogP contribution is -2.08. The summed E-state index contributed by atoms with van der Waals surface area (Å²) in [7, 11) is 1.78. The van der Waals surface area contributed by atoms with Crippen LogP contribution in [0.25, 0.3) is 0 Å². The lowest BCUT2D eigenvalue weighted by molar-refractivity contribution is 0.146. The molecule has 0 radical (unpaired) electrons. The first-order valence-corrected chi connectivity index (χ1v) is 6.20. The third-order valence-electron chi connectivity index (χ3n) is 1.97. The van der Waals surface area contributed by atoms with Gasteiger partial charge in [0, 0.05) is 19.0 Å². The average molecular weight is 234 g/mol. The molecule has 15 heavy (non-hydrogen) atoms. The summed E-state index contributed by atoms with van der Waals surface area (Å²) in [6.45, 7) is 7.07. The Bertz CT molecular complexity index is 153. The minimum atomic E-state index is 0.0833. The first-order chi connectivity index (χ1) is 7.28. The minimum absolute atomic E-state index is 0.0833. The van der Waals surface area contributed by atoms with Gasteiger partial charge in [0.05, 0.1) is 13.2 Å². The molecule has 0 aromatic carbocycles. The van der Waals surface area contributed by atoms with E-state index in [1.54, 1.807) is 7.11 Å². The second kappa shape index (κ2) is 10.5. The predicted molar refractivity (Wildman–Crippen MR) is 65.2 cm³/mol. The van der Waals surface area contributed by atoms with Crippen molar-refractivity contribution in [2.75, 3.05) is 26.9 Å². The van der Waals surface area contributed by atoms with Gasteiger partial charge in [-0.05, 0) is 19.8 Å². The summed E-state index contributed by atoms with van der Waals surface area (Å²) in [6.07, 6.45) is 3.85. The third-order valence-corrected chi connectivity index (χ3v) is 3.46. The van der Waals surface area contributed by atoms with Crippen LogP contribution in [-0.2, 0) is 9.47 Å². The molecule has 0 aromatic rings. The monoisotopic (exact) mass is 234 g/mol. The van der Waals surface area contributed by atoms with Crippen molar-refractivity contribution in [1.29, 1.82) is 0 Å². The normalized spacial score (nSPS) is 24.5. The molecule has 1 fully saturated rings. The lowest BCUT2D eigenvalue weighted by Gasteiger charge is -2.09. The smallest absolute Gasteiger partial charge is 0.103 e. The fourth-order valence-electron chi connectivity index (χ4n) is 1.22. The Morgan fingerprint density at radius 1 is 1.53 bits per heavy atom. The Balaban J connectivity index is 0.000000423. The first kappa shape index (κ1) is 15.0. The Morgan fingerprint density at radius 3 is 2.60 bits per heavy atom. The summed E-state index contributed by atoms with van der Waals surface area (Å²) in [4.78, 5) is 0. The maximum Gasteiger partial charge on any atom is 0.103 e. The highest BCUT2D eigenvalue weighted by atomic mass is 32.2. The summed E-state index contributed by atoms with van der Waals surface area (Å²) < 4.78 is 10.6. The summed E-state index contributed by atoms with van der Waals surface area (Å²) in [5.41, 5.74) is 0.417. The Hall–Kier alpha value is -0.0300. The van der Waals surface area contributed by atoms with E-state index in [0.717, 1.165) is 13.2 Å². The van der Waals surface area contributed by atoms with Gasteiger partial charge in [0.1, 0.15) is 5.44 Å². The van der Waals surface area contributed by atoms with E-state index in [0.29, 0.717) is 10.7 Å². The zero-order chi connectivity index (χ0) is 11.5. The SMILES string of the molecule is C=CCO.CCOCC1CCC(OC)S1. The van der Waals surface area contributed by atoms with Crippen molar-refractivity contribution in [3.63, 3.8) is 0 Å². The molecule has 0 aromatic heterocycles. The summed E-state index contributed by atoms with van der Waals surface area (Å²) in [5, 5.41) is 8.42. The molecule has 4 heteroatoms. The molecule has 1 N–H and O–H groups in total. The van der Waals surface area contributed by atoms with Crippen LogP contribution < -0.4 is 0 Å². The van der Waals surface area contributed by atoms with Crippen LogP contribution in [0.3, 0.4) is 0 Å². The molecule has 90 valence electrons. The van der Waals surface area contributed by atoms with Gasteiger partial charge in [0.25, 0.3) is 0 Å². The van der Waals surface area contributed by atoms with Gasteiger partial charge in [0.15, 0.2) is 0 Å². The fourth-order valence-corrected chi connectivity index (χ4v) is 2.48. The molecular weight excluding hydrogens is 212 g/mol. The molecule has 2 atom stereocenters. The number of hydrogen-bond acceptors (Lipinski definition) is 4. The van der Waals surface area contributed by atoms with E-state index < -0.39 is 0 Å². The Labute approximate surface area is 96.8 Å². The highest BCUT2D eigenvalue weighted by Gasteiger charge is 2.24. The van der Waals surface area contributed by atoms with Crippen LogP contribution in [0.5, 0.6) is 0 Å². The largest absolute Gasteiger partial charge is 0.392 e. The summed E-state index contributed by atoms with van der Waals surface area (Å²) >= 11 is 1.90. The number of ether oxygens (including phenoxy) is 2. The first-order valence-electron chi connectivity index (χ1n) is 5.26. The van der Waals surface area contributed by atoms with Crippen LogP contribution in [0.2, 0.25) is 0 Å². The molecule has 3 nitrogen and oxygen atoms in total. The van der Waals surface area contributed by atoms with Gasteiger partial charge in [-0.25, -0.2) is 0 Å². The summed E-state index contributed by atoms with van der Waals surface area (Å²) in [6, 6.07) is 0. The molecule has 1 rings (SSSR count). The van der Waals surface area contributed by atoms with Crippen molar-refractivity contribution in [3.8, 4) is 0 Å². The number of thioether (sulfide) groups is 1. The number of aliphatic hydroxyl groups excluding tert-OH is 1. The second-order valence-corrected chi connectivity index (χ2v) is 4.60. The van der Waals surface area contributed by atoms with Crippen LogP contribution in [0.15, 0.2) is 12.7 Å². The molecule has 1 saturated heterocycles. The van der Waals surface area contributed by atoms with Crippen LogP contribution in [0.4, 0.5) is 0 Å². The van der Waals surface area contributed by atoms with Gasteiger partial charge in [0.2, 0.25) is 0 Å². The van der Waals surface area contributed by atoms with Crippen molar-refractivity contribution in [2.24, 2.45) is 0 Å². The fraction of sp³-hybridized carbons (Fsp3) is 0.818. The molecule has 0 bridgehead atoms. The lowest BCUT2D eigenvalue weighted by atomic mass is 10.2. The van der Waals surface area contributed by atoms with E-state index in [1.165, 1.54) is 18.9 Å². The maximum absolute atomic E-state index is 7.76. The zero-order valence-electron chi connectivity index (χ0n) is 9.65. The van der Waals surface area contributed by atoms with E-state index in [-0.39, 0.29) is 6.61 Å². The predicted octanol–water partition coefficient (Wildman–Crippen LogP) is 2.06. The standard InChI is InChI=1S/C8H16O2S.C3H6O/c1-3-10-6-7-4-5-8(9-2)11-7;1-2-3-4/h7-8H,3-6H2,1-2H3;2,4H,1,3H2. The van der Waals surface area contributed by atoms with Gasteiger partial charge in [-0.3, -0.25) is 0 Å².